The molecule has 0 spiro atoms. The fourth-order valence-electron chi connectivity index (χ4n) is 2.89. The molecule has 0 aliphatic carbocycles. The minimum absolute atomic E-state index is 0.124. The van der Waals surface area contributed by atoms with Gasteiger partial charge >= 0.3 is 0 Å². The van der Waals surface area contributed by atoms with Gasteiger partial charge in [-0.1, -0.05) is 36.7 Å². The smallest absolute Gasteiger partial charge is 0.262 e. The molecule has 124 valence electrons. The van der Waals surface area contributed by atoms with Crippen LogP contribution >= 0.6 is 22.9 Å². The van der Waals surface area contributed by atoms with E-state index < -0.39 is 5.79 Å². The van der Waals surface area contributed by atoms with Crippen LogP contribution < -0.4 is 5.32 Å². The molecule has 1 fully saturated rings. The standard InChI is InChI=1S/C17H20ClNO3S/c1-11(9-17(2)21-7-8-22-17)10-19-16(20)15-14(18)12-5-3-4-6-13(12)23-15/h3-6,11H,7-10H2,1-2H3,(H,19,20)/t11-/m0/s1. The molecule has 0 bridgehead atoms. The quantitative estimate of drug-likeness (QED) is 0.881. The van der Waals surface area contributed by atoms with Crippen molar-refractivity contribution in [3.05, 3.63) is 34.2 Å². The van der Waals surface area contributed by atoms with Crippen LogP contribution in [0.25, 0.3) is 10.1 Å². The molecule has 1 saturated heterocycles. The summed E-state index contributed by atoms with van der Waals surface area (Å²) in [6, 6.07) is 7.78. The number of ether oxygens (including phenoxy) is 2. The Kier molecular flexibility index (Phi) is 4.92. The van der Waals surface area contributed by atoms with Crippen LogP contribution in [-0.2, 0) is 9.47 Å². The third-order valence-electron chi connectivity index (χ3n) is 3.97. The van der Waals surface area contributed by atoms with Crippen molar-refractivity contribution < 1.29 is 14.3 Å². The summed E-state index contributed by atoms with van der Waals surface area (Å²) in [5.41, 5.74) is 0. The Morgan fingerprint density at radius 1 is 1.39 bits per heavy atom. The Balaban J connectivity index is 1.61. The molecule has 1 aliphatic rings. The summed E-state index contributed by atoms with van der Waals surface area (Å²) in [5.74, 6) is -0.406. The van der Waals surface area contributed by atoms with Gasteiger partial charge in [-0.15, -0.1) is 11.3 Å². The highest BCUT2D eigenvalue weighted by atomic mass is 35.5. The highest BCUT2D eigenvalue weighted by molar-refractivity contribution is 7.21. The molecule has 1 aliphatic heterocycles. The van der Waals surface area contributed by atoms with Gasteiger partial charge in [0.1, 0.15) is 4.88 Å². The maximum Gasteiger partial charge on any atom is 0.262 e. The van der Waals surface area contributed by atoms with E-state index in [1.54, 1.807) is 0 Å². The molecule has 0 saturated carbocycles. The van der Waals surface area contributed by atoms with Gasteiger partial charge in [-0.3, -0.25) is 4.79 Å². The van der Waals surface area contributed by atoms with Crippen LogP contribution in [0.4, 0.5) is 0 Å². The number of carbonyl (C=O) groups is 1. The van der Waals surface area contributed by atoms with Gasteiger partial charge < -0.3 is 14.8 Å². The van der Waals surface area contributed by atoms with Crippen LogP contribution in [-0.4, -0.2) is 31.5 Å². The van der Waals surface area contributed by atoms with Gasteiger partial charge in [0.05, 0.1) is 18.2 Å². The molecule has 1 atom stereocenters. The number of fused-ring (bicyclic) bond motifs is 1. The highest BCUT2D eigenvalue weighted by Gasteiger charge is 2.32. The van der Waals surface area contributed by atoms with Crippen LogP contribution in [0, 0.1) is 5.92 Å². The van der Waals surface area contributed by atoms with E-state index in [1.807, 2.05) is 31.2 Å². The summed E-state index contributed by atoms with van der Waals surface area (Å²) in [4.78, 5) is 13.0. The third-order valence-corrected chi connectivity index (χ3v) is 5.64. The normalized spacial score (nSPS) is 18.2. The Morgan fingerprint density at radius 2 is 2.09 bits per heavy atom. The van der Waals surface area contributed by atoms with Crippen molar-refractivity contribution >= 4 is 38.9 Å². The lowest BCUT2D eigenvalue weighted by Gasteiger charge is -2.25. The molecule has 4 nitrogen and oxygen atoms in total. The molecule has 6 heteroatoms. The van der Waals surface area contributed by atoms with Crippen LogP contribution in [0.1, 0.15) is 29.9 Å². The Bertz CT molecular complexity index is 709. The number of thiophene rings is 1. The molecule has 1 amide bonds. The van der Waals surface area contributed by atoms with Gasteiger partial charge in [0.2, 0.25) is 0 Å². The van der Waals surface area contributed by atoms with E-state index in [9.17, 15) is 4.79 Å². The average molecular weight is 354 g/mol. The minimum Gasteiger partial charge on any atom is -0.351 e. The molecule has 1 aromatic carbocycles. The zero-order valence-corrected chi connectivity index (χ0v) is 14.8. The van der Waals surface area contributed by atoms with Crippen molar-refractivity contribution in [1.82, 2.24) is 5.32 Å². The first-order chi connectivity index (χ1) is 11.0. The number of nitrogens with one attached hydrogen (secondary N) is 1. The lowest BCUT2D eigenvalue weighted by molar-refractivity contribution is -0.153. The Labute approximate surface area is 144 Å². The fourth-order valence-corrected chi connectivity index (χ4v) is 4.32. The molecule has 0 radical (unpaired) electrons. The first-order valence-corrected chi connectivity index (χ1v) is 8.91. The second-order valence-electron chi connectivity index (χ2n) is 6.09. The summed E-state index contributed by atoms with van der Waals surface area (Å²) < 4.78 is 12.2. The number of benzene rings is 1. The van der Waals surface area contributed by atoms with Crippen molar-refractivity contribution in [2.75, 3.05) is 19.8 Å². The lowest BCUT2D eigenvalue weighted by Crippen LogP contribution is -2.34. The van der Waals surface area contributed by atoms with Crippen molar-refractivity contribution in [3.8, 4) is 0 Å². The summed E-state index contributed by atoms with van der Waals surface area (Å²) >= 11 is 7.76. The second-order valence-corrected chi connectivity index (χ2v) is 7.52. The predicted molar refractivity (Wildman–Crippen MR) is 93.3 cm³/mol. The van der Waals surface area contributed by atoms with Crippen molar-refractivity contribution in [2.45, 2.75) is 26.1 Å². The summed E-state index contributed by atoms with van der Waals surface area (Å²) in [7, 11) is 0. The van der Waals surface area contributed by atoms with E-state index in [0.29, 0.717) is 29.7 Å². The zero-order valence-electron chi connectivity index (χ0n) is 13.2. The molecule has 1 aromatic heterocycles. The SMILES string of the molecule is C[C@H](CNC(=O)c1sc2ccccc2c1Cl)CC1(C)OCCO1. The first kappa shape index (κ1) is 16.7. The number of carbonyl (C=O) groups excluding carboxylic acids is 1. The maximum absolute atomic E-state index is 12.4. The van der Waals surface area contributed by atoms with Gasteiger partial charge in [-0.25, -0.2) is 0 Å². The predicted octanol–water partition coefficient (Wildman–Crippen LogP) is 4.07. The summed E-state index contributed by atoms with van der Waals surface area (Å²) in [6.07, 6.45) is 0.743. The molecule has 2 aromatic rings. The van der Waals surface area contributed by atoms with Crippen LogP contribution in [0.5, 0.6) is 0 Å². The summed E-state index contributed by atoms with van der Waals surface area (Å²) in [5, 5.41) is 4.43. The van der Waals surface area contributed by atoms with Gasteiger partial charge in [-0.05, 0) is 18.9 Å². The number of hydrogen-bond acceptors (Lipinski definition) is 4. The van der Waals surface area contributed by atoms with E-state index in [2.05, 4.69) is 12.2 Å². The number of hydrogen-bond donors (Lipinski definition) is 1. The van der Waals surface area contributed by atoms with Gasteiger partial charge in [-0.2, -0.15) is 0 Å². The van der Waals surface area contributed by atoms with Gasteiger partial charge in [0.15, 0.2) is 5.79 Å². The van der Waals surface area contributed by atoms with Crippen LogP contribution in [0.3, 0.4) is 0 Å². The van der Waals surface area contributed by atoms with E-state index in [4.69, 9.17) is 21.1 Å². The fraction of sp³-hybridized carbons (Fsp3) is 0.471. The van der Waals surface area contributed by atoms with Crippen molar-refractivity contribution in [1.29, 1.82) is 0 Å². The molecule has 3 rings (SSSR count). The number of halogens is 1. The highest BCUT2D eigenvalue weighted by Crippen LogP contribution is 2.35. The number of rotatable bonds is 5. The van der Waals surface area contributed by atoms with Crippen LogP contribution in [0.2, 0.25) is 5.02 Å². The molecular weight excluding hydrogens is 334 g/mol. The van der Waals surface area contributed by atoms with Crippen molar-refractivity contribution in [2.24, 2.45) is 5.92 Å². The monoisotopic (exact) mass is 353 g/mol. The molecule has 1 N–H and O–H groups in total. The topological polar surface area (TPSA) is 47.6 Å². The van der Waals surface area contributed by atoms with E-state index in [1.165, 1.54) is 11.3 Å². The third kappa shape index (κ3) is 3.69. The average Bonchev–Trinajstić information content (AvgIpc) is 3.09. The van der Waals surface area contributed by atoms with Gasteiger partial charge in [0.25, 0.3) is 5.91 Å². The maximum atomic E-state index is 12.4. The molecular formula is C17H20ClNO3S. The summed E-state index contributed by atoms with van der Waals surface area (Å²) in [6.45, 7) is 5.84. The van der Waals surface area contributed by atoms with Crippen LogP contribution in [0.15, 0.2) is 24.3 Å². The molecule has 23 heavy (non-hydrogen) atoms. The largest absolute Gasteiger partial charge is 0.351 e. The Morgan fingerprint density at radius 3 is 2.78 bits per heavy atom. The second kappa shape index (κ2) is 6.77. The van der Waals surface area contributed by atoms with E-state index in [-0.39, 0.29) is 11.8 Å². The molecule has 0 unspecified atom stereocenters. The Hall–Kier alpha value is -1.14. The number of amides is 1. The van der Waals surface area contributed by atoms with Gasteiger partial charge in [0, 0.05) is 23.1 Å². The molecule has 2 heterocycles. The first-order valence-electron chi connectivity index (χ1n) is 7.72. The van der Waals surface area contributed by atoms with Crippen molar-refractivity contribution in [3.63, 3.8) is 0 Å². The lowest BCUT2D eigenvalue weighted by atomic mass is 10.0. The van der Waals surface area contributed by atoms with E-state index in [0.717, 1.165) is 16.5 Å². The zero-order chi connectivity index (χ0) is 16.4. The minimum atomic E-state index is -0.528. The van der Waals surface area contributed by atoms with E-state index >= 15 is 0 Å².